The molecular weight excluding hydrogens is 369 g/mol. The molecule has 0 unspecified atom stereocenters. The number of pyridine rings is 1. The molecule has 0 aliphatic heterocycles. The van der Waals surface area contributed by atoms with E-state index in [2.05, 4.69) is 15.6 Å². The fourth-order valence-electron chi connectivity index (χ4n) is 2.32. The highest BCUT2D eigenvalue weighted by atomic mass is 19.4. The van der Waals surface area contributed by atoms with E-state index in [4.69, 9.17) is 5.26 Å². The van der Waals surface area contributed by atoms with Gasteiger partial charge in [0.2, 0.25) is 0 Å². The van der Waals surface area contributed by atoms with Gasteiger partial charge in [-0.3, -0.25) is 4.79 Å². The maximum atomic E-state index is 12.6. The summed E-state index contributed by atoms with van der Waals surface area (Å²) in [6.45, 7) is 0. The van der Waals surface area contributed by atoms with Gasteiger partial charge in [-0.25, -0.2) is 4.98 Å². The zero-order valence-electron chi connectivity index (χ0n) is 14.3. The molecule has 5 nitrogen and oxygen atoms in total. The summed E-state index contributed by atoms with van der Waals surface area (Å²) in [4.78, 5) is 16.3. The maximum absolute atomic E-state index is 12.6. The van der Waals surface area contributed by atoms with E-state index in [9.17, 15) is 18.0 Å². The number of rotatable bonds is 4. The fourth-order valence-corrected chi connectivity index (χ4v) is 2.32. The number of nitriles is 1. The van der Waals surface area contributed by atoms with Gasteiger partial charge in [0.1, 0.15) is 5.82 Å². The molecule has 1 amide bonds. The summed E-state index contributed by atoms with van der Waals surface area (Å²) in [6.07, 6.45) is -3.04. The molecule has 3 aromatic rings. The molecule has 3 rings (SSSR count). The van der Waals surface area contributed by atoms with Gasteiger partial charge in [-0.1, -0.05) is 0 Å². The fraction of sp³-hybridized carbons (Fsp3) is 0.0500. The standard InChI is InChI=1S/C20H13F3N4O/c21-20(22,23)15-4-8-16(9-5-15)26-18-10-3-14(12-25-18)19(28)27-17-6-1-13(11-24)2-7-17/h1-10,12H,(H,25,26)(H,27,28). The van der Waals surface area contributed by atoms with Crippen LogP contribution in [0.2, 0.25) is 0 Å². The normalized spacial score (nSPS) is 10.8. The molecule has 1 heterocycles. The van der Waals surface area contributed by atoms with Crippen LogP contribution >= 0.6 is 0 Å². The Balaban J connectivity index is 1.64. The number of carbonyl (C=O) groups is 1. The molecule has 0 saturated carbocycles. The summed E-state index contributed by atoms with van der Waals surface area (Å²) in [7, 11) is 0. The smallest absolute Gasteiger partial charge is 0.340 e. The summed E-state index contributed by atoms with van der Waals surface area (Å²) in [5.74, 6) is 0.00738. The van der Waals surface area contributed by atoms with Crippen molar-refractivity contribution in [3.8, 4) is 6.07 Å². The van der Waals surface area contributed by atoms with Crippen LogP contribution in [0, 0.1) is 11.3 Å². The van der Waals surface area contributed by atoms with Crippen molar-refractivity contribution in [3.63, 3.8) is 0 Å². The lowest BCUT2D eigenvalue weighted by Crippen LogP contribution is -2.12. The van der Waals surface area contributed by atoms with Crippen LogP contribution in [0.4, 0.5) is 30.4 Å². The summed E-state index contributed by atoms with van der Waals surface area (Å²) in [6, 6.07) is 16.0. The quantitative estimate of drug-likeness (QED) is 0.668. The number of hydrogen-bond donors (Lipinski definition) is 2. The number of aromatic nitrogens is 1. The molecule has 0 bridgehead atoms. The summed E-state index contributed by atoms with van der Waals surface area (Å²) < 4.78 is 37.7. The molecule has 0 aliphatic rings. The highest BCUT2D eigenvalue weighted by molar-refractivity contribution is 6.04. The van der Waals surface area contributed by atoms with Crippen LogP contribution in [-0.4, -0.2) is 10.9 Å². The zero-order chi connectivity index (χ0) is 20.1. The lowest BCUT2D eigenvalue weighted by molar-refractivity contribution is -0.137. The Morgan fingerprint density at radius 3 is 2.11 bits per heavy atom. The largest absolute Gasteiger partial charge is 0.416 e. The second-order valence-electron chi connectivity index (χ2n) is 5.78. The van der Waals surface area contributed by atoms with E-state index < -0.39 is 11.7 Å². The molecule has 2 aromatic carbocycles. The van der Waals surface area contributed by atoms with Crippen LogP contribution in [0.3, 0.4) is 0 Å². The summed E-state index contributed by atoms with van der Waals surface area (Å²) in [5, 5.41) is 14.3. The molecule has 0 fully saturated rings. The van der Waals surface area contributed by atoms with Crippen LogP contribution < -0.4 is 10.6 Å². The minimum absolute atomic E-state index is 0.308. The number of nitrogens with zero attached hydrogens (tertiary/aromatic N) is 2. The Bertz CT molecular complexity index is 1010. The minimum atomic E-state index is -4.39. The highest BCUT2D eigenvalue weighted by Crippen LogP contribution is 2.30. The van der Waals surface area contributed by atoms with E-state index >= 15 is 0 Å². The van der Waals surface area contributed by atoms with Gasteiger partial charge in [0.25, 0.3) is 5.91 Å². The van der Waals surface area contributed by atoms with Crippen molar-refractivity contribution in [2.75, 3.05) is 10.6 Å². The van der Waals surface area contributed by atoms with Gasteiger partial charge in [0, 0.05) is 17.6 Å². The molecule has 0 atom stereocenters. The summed E-state index contributed by atoms with van der Waals surface area (Å²) in [5.41, 5.74) is 1.03. The first-order valence-electron chi connectivity index (χ1n) is 8.07. The Morgan fingerprint density at radius 1 is 0.929 bits per heavy atom. The third-order valence-corrected chi connectivity index (χ3v) is 3.78. The molecule has 1 aromatic heterocycles. The average molecular weight is 382 g/mol. The van der Waals surface area contributed by atoms with Crippen molar-refractivity contribution < 1.29 is 18.0 Å². The predicted molar refractivity (Wildman–Crippen MR) is 98.1 cm³/mol. The van der Waals surface area contributed by atoms with Crippen molar-refractivity contribution in [1.29, 1.82) is 5.26 Å². The number of benzene rings is 2. The number of anilines is 3. The van der Waals surface area contributed by atoms with Crippen molar-refractivity contribution in [3.05, 3.63) is 83.6 Å². The molecule has 28 heavy (non-hydrogen) atoms. The molecule has 0 radical (unpaired) electrons. The lowest BCUT2D eigenvalue weighted by Gasteiger charge is -2.10. The molecule has 0 aliphatic carbocycles. The van der Waals surface area contributed by atoms with Crippen LogP contribution in [0.25, 0.3) is 0 Å². The topological polar surface area (TPSA) is 77.8 Å². The number of nitrogens with one attached hydrogen (secondary N) is 2. The van der Waals surface area contributed by atoms with Crippen molar-refractivity contribution in [1.82, 2.24) is 4.98 Å². The van der Waals surface area contributed by atoms with Gasteiger partial charge < -0.3 is 10.6 Å². The predicted octanol–water partition coefficient (Wildman–Crippen LogP) is 4.97. The van der Waals surface area contributed by atoms with E-state index in [-0.39, 0.29) is 5.91 Å². The lowest BCUT2D eigenvalue weighted by atomic mass is 10.2. The Morgan fingerprint density at radius 2 is 1.57 bits per heavy atom. The molecule has 2 N–H and O–H groups in total. The van der Waals surface area contributed by atoms with Gasteiger partial charge in [0.05, 0.1) is 22.8 Å². The second kappa shape index (κ2) is 7.80. The van der Waals surface area contributed by atoms with E-state index in [1.54, 1.807) is 36.4 Å². The number of amides is 1. The van der Waals surface area contributed by atoms with Crippen molar-refractivity contribution >= 4 is 23.1 Å². The highest BCUT2D eigenvalue weighted by Gasteiger charge is 2.29. The Kier molecular flexibility index (Phi) is 5.27. The van der Waals surface area contributed by atoms with E-state index in [1.165, 1.54) is 18.3 Å². The number of halogens is 3. The van der Waals surface area contributed by atoms with E-state index in [0.29, 0.717) is 28.3 Å². The first-order valence-corrected chi connectivity index (χ1v) is 8.07. The number of hydrogen-bond acceptors (Lipinski definition) is 4. The third kappa shape index (κ3) is 4.65. The monoisotopic (exact) mass is 382 g/mol. The first-order chi connectivity index (χ1) is 13.3. The van der Waals surface area contributed by atoms with Crippen LogP contribution in [0.15, 0.2) is 66.9 Å². The average Bonchev–Trinajstić information content (AvgIpc) is 2.69. The van der Waals surface area contributed by atoms with Gasteiger partial charge in [-0.2, -0.15) is 18.4 Å². The minimum Gasteiger partial charge on any atom is -0.340 e. The van der Waals surface area contributed by atoms with Gasteiger partial charge >= 0.3 is 6.18 Å². The molecular formula is C20H13F3N4O. The molecule has 0 saturated heterocycles. The molecule has 8 heteroatoms. The number of alkyl halides is 3. The summed E-state index contributed by atoms with van der Waals surface area (Å²) >= 11 is 0. The zero-order valence-corrected chi connectivity index (χ0v) is 14.3. The van der Waals surface area contributed by atoms with Gasteiger partial charge in [-0.05, 0) is 60.7 Å². The van der Waals surface area contributed by atoms with E-state index in [0.717, 1.165) is 12.1 Å². The first kappa shape index (κ1) is 18.9. The van der Waals surface area contributed by atoms with Crippen molar-refractivity contribution in [2.45, 2.75) is 6.18 Å². The van der Waals surface area contributed by atoms with Crippen LogP contribution in [0.5, 0.6) is 0 Å². The van der Waals surface area contributed by atoms with Gasteiger partial charge in [0.15, 0.2) is 0 Å². The second-order valence-corrected chi connectivity index (χ2v) is 5.78. The van der Waals surface area contributed by atoms with Crippen molar-refractivity contribution in [2.24, 2.45) is 0 Å². The Labute approximate surface area is 158 Å². The third-order valence-electron chi connectivity index (χ3n) is 3.78. The SMILES string of the molecule is N#Cc1ccc(NC(=O)c2ccc(Nc3ccc(C(F)(F)F)cc3)nc2)cc1. The molecule has 0 spiro atoms. The maximum Gasteiger partial charge on any atom is 0.416 e. The van der Waals surface area contributed by atoms with E-state index in [1.807, 2.05) is 6.07 Å². The van der Waals surface area contributed by atoms with Crippen LogP contribution in [0.1, 0.15) is 21.5 Å². The van der Waals surface area contributed by atoms with Crippen LogP contribution in [-0.2, 0) is 6.18 Å². The van der Waals surface area contributed by atoms with Gasteiger partial charge in [-0.15, -0.1) is 0 Å². The molecule has 140 valence electrons. The Hall–Kier alpha value is -3.86. The number of carbonyl (C=O) groups excluding carboxylic acids is 1.